The van der Waals surface area contributed by atoms with Gasteiger partial charge < -0.3 is 44.3 Å². The maximum absolute atomic E-state index is 15.0. The fourth-order valence-electron chi connectivity index (χ4n) is 11.4. The number of hydrogen-bond acceptors (Lipinski definition) is 11. The van der Waals surface area contributed by atoms with Crippen LogP contribution in [0.1, 0.15) is 202 Å². The summed E-state index contributed by atoms with van der Waals surface area (Å²) in [6, 6.07) is 15.5. The zero-order chi connectivity index (χ0) is 57.0. The highest BCUT2D eigenvalue weighted by Gasteiger charge is 2.35. The van der Waals surface area contributed by atoms with Crippen LogP contribution in [0.5, 0.6) is 11.6 Å². The summed E-state index contributed by atoms with van der Waals surface area (Å²) < 4.78 is 11.8. The number of ether oxygens (including phenoxy) is 2. The Hall–Kier alpha value is -5.77. The van der Waals surface area contributed by atoms with Crippen molar-refractivity contribution in [3.05, 3.63) is 71.5 Å². The molecule has 1 saturated heterocycles. The number of unbranched alkanes of at least 4 members (excludes halogenated alkanes) is 16. The quantitative estimate of drug-likeness (QED) is 0.0357. The number of hydrogen-bond donors (Lipinski definition) is 3. The maximum atomic E-state index is 15.0. The molecule has 16 heteroatoms. The molecule has 16 nitrogen and oxygen atoms in total. The van der Waals surface area contributed by atoms with E-state index >= 15 is 0 Å². The molecular weight excluding hydrogens is 1000 g/mol. The molecule has 0 spiro atoms. The van der Waals surface area contributed by atoms with Crippen LogP contribution in [0.3, 0.4) is 0 Å². The molecular formula is C63H96N6O10. The molecule has 5 rings (SSSR count). The molecule has 438 valence electrons. The predicted octanol–water partition coefficient (Wildman–Crippen LogP) is 10.9. The molecule has 1 aliphatic carbocycles. The molecule has 0 bridgehead atoms. The number of carbonyl (C=O) groups is 5. The van der Waals surface area contributed by atoms with Crippen molar-refractivity contribution >= 4 is 41.2 Å². The van der Waals surface area contributed by atoms with Crippen molar-refractivity contribution in [2.45, 2.75) is 187 Å². The summed E-state index contributed by atoms with van der Waals surface area (Å²) in [6.45, 7) is 9.16. The number of aromatic nitrogens is 2. The Labute approximate surface area is 472 Å². The molecule has 1 unspecified atom stereocenters. The van der Waals surface area contributed by atoms with E-state index in [4.69, 9.17) is 19.6 Å². The van der Waals surface area contributed by atoms with E-state index in [-0.39, 0.29) is 47.1 Å². The summed E-state index contributed by atoms with van der Waals surface area (Å²) in [7, 11) is 3.24. The Kier molecular flexibility index (Phi) is 27.4. The standard InChI is InChI=1S/C63H96N6O10/c1-48-25-23-26-56(66-48)68(62(77)53-31-30-52(78-5)42-55(53)67-38-33-49(34-39-67)46-79-58-41-51(32-37-65-58)54(43-59(71)72)50-28-29-50)47-63(2,3)35-22-20-18-16-14-12-10-8-6-7-9-11-13-15-17-19-21-27-57(70)64-36-24-40-69(4,44-60(73)74)45-61(75)76/h23,25-26,30-32,37,41-42,49-50,54H,6-22,24,27-29,33-36,38-40,43-47H2,1-5H3,(H3-,64,70,71,72,73,74,75,76)/t54-/m0/s1. The first-order valence-corrected chi connectivity index (χ1v) is 29.9. The lowest BCUT2D eigenvalue weighted by Gasteiger charge is -2.36. The first kappa shape index (κ1) is 64.1. The highest BCUT2D eigenvalue weighted by atomic mass is 16.5. The van der Waals surface area contributed by atoms with Gasteiger partial charge in [0.1, 0.15) is 18.1 Å². The molecule has 1 aliphatic heterocycles. The second kappa shape index (κ2) is 33.7. The molecule has 3 N–H and O–H groups in total. The number of aryl methyl sites for hydroxylation is 1. The van der Waals surface area contributed by atoms with Crippen molar-refractivity contribution in [3.8, 4) is 11.6 Å². The van der Waals surface area contributed by atoms with Gasteiger partial charge in [0.05, 0.1) is 51.0 Å². The van der Waals surface area contributed by atoms with Crippen LogP contribution in [0.15, 0.2) is 54.7 Å². The number of anilines is 2. The summed E-state index contributed by atoms with van der Waals surface area (Å²) >= 11 is 0. The Bertz CT molecular complexity index is 2330. The second-order valence-electron chi connectivity index (χ2n) is 23.9. The van der Waals surface area contributed by atoms with E-state index in [9.17, 15) is 34.2 Å². The lowest BCUT2D eigenvalue weighted by Crippen LogP contribution is -2.54. The number of benzene rings is 1. The minimum absolute atomic E-state index is 0.00990. The summed E-state index contributed by atoms with van der Waals surface area (Å²) in [5.41, 5.74) is 3.22. The number of pyridine rings is 2. The Morgan fingerprint density at radius 1 is 0.797 bits per heavy atom. The SMILES string of the molecule is COc1ccc(C(=O)N(CC(C)(C)CCCCCCCCCCCCCCCCCCCC(=O)NCCC[N+](C)(CC(=O)[O-])CC(=O)O)c2cccc(C)n2)c(N2CCC(COc3cc([C@@H](CC(=O)O)C4CC4)ccn3)CC2)c1. The molecule has 0 radical (unpaired) electrons. The minimum Gasteiger partial charge on any atom is -0.544 e. The van der Waals surface area contributed by atoms with Gasteiger partial charge in [0.15, 0.2) is 6.54 Å². The van der Waals surface area contributed by atoms with Crippen molar-refractivity contribution in [2.24, 2.45) is 17.3 Å². The molecule has 1 saturated carbocycles. The number of aliphatic carboxylic acids is 3. The number of carboxylic acids is 3. The van der Waals surface area contributed by atoms with E-state index in [0.717, 1.165) is 87.8 Å². The molecule has 2 aliphatic rings. The van der Waals surface area contributed by atoms with Gasteiger partial charge in [-0.2, -0.15) is 0 Å². The van der Waals surface area contributed by atoms with E-state index in [1.54, 1.807) is 20.4 Å². The number of nitrogens with zero attached hydrogens (tertiary/aromatic N) is 5. The van der Waals surface area contributed by atoms with Gasteiger partial charge in [-0.05, 0) is 105 Å². The fourth-order valence-corrected chi connectivity index (χ4v) is 11.4. The van der Waals surface area contributed by atoms with Gasteiger partial charge >= 0.3 is 11.9 Å². The average Bonchev–Trinajstić information content (AvgIpc) is 4.30. The Balaban J connectivity index is 0.941. The first-order chi connectivity index (χ1) is 37.9. The number of nitrogens with one attached hydrogen (secondary N) is 1. The van der Waals surface area contributed by atoms with Gasteiger partial charge in [0, 0.05) is 63.0 Å². The number of carboxylic acid groups (broad SMARTS) is 3. The van der Waals surface area contributed by atoms with Gasteiger partial charge in [-0.15, -0.1) is 0 Å². The van der Waals surface area contributed by atoms with Gasteiger partial charge in [0.25, 0.3) is 5.91 Å². The first-order valence-electron chi connectivity index (χ1n) is 29.9. The smallest absolute Gasteiger partial charge is 0.359 e. The van der Waals surface area contributed by atoms with Crippen LogP contribution in [0.25, 0.3) is 0 Å². The molecule has 2 fully saturated rings. The number of methoxy groups -OCH3 is 1. The molecule has 3 heterocycles. The molecule has 2 aromatic heterocycles. The third-order valence-corrected chi connectivity index (χ3v) is 16.1. The van der Waals surface area contributed by atoms with E-state index in [0.29, 0.717) is 73.9 Å². The molecule has 3 aromatic rings. The fraction of sp³-hybridized carbons (Fsp3) is 0.667. The number of rotatable bonds is 41. The summed E-state index contributed by atoms with van der Waals surface area (Å²) in [5, 5.41) is 32.6. The highest BCUT2D eigenvalue weighted by Crippen LogP contribution is 2.45. The highest BCUT2D eigenvalue weighted by molar-refractivity contribution is 6.09. The van der Waals surface area contributed by atoms with Gasteiger partial charge in [-0.1, -0.05) is 123 Å². The third kappa shape index (κ3) is 24.2. The van der Waals surface area contributed by atoms with Gasteiger partial charge in [-0.3, -0.25) is 19.3 Å². The zero-order valence-corrected chi connectivity index (χ0v) is 48.7. The van der Waals surface area contributed by atoms with Crippen LogP contribution in [0.4, 0.5) is 11.5 Å². The molecule has 2 amide bonds. The Morgan fingerprint density at radius 3 is 1.99 bits per heavy atom. The number of likely N-dealkylation sites (N-methyl/N-ethyl adjacent to an activating group) is 1. The molecule has 2 atom stereocenters. The Morgan fingerprint density at radius 2 is 1.42 bits per heavy atom. The predicted molar refractivity (Wildman–Crippen MR) is 309 cm³/mol. The van der Waals surface area contributed by atoms with Crippen LogP contribution in [-0.4, -0.2) is 121 Å². The summed E-state index contributed by atoms with van der Waals surface area (Å²) in [6.07, 6.45) is 28.3. The maximum Gasteiger partial charge on any atom is 0.359 e. The average molecular weight is 1100 g/mol. The second-order valence-corrected chi connectivity index (χ2v) is 23.9. The molecule has 1 aromatic carbocycles. The van der Waals surface area contributed by atoms with Crippen molar-refractivity contribution in [2.75, 3.05) is 76.4 Å². The number of piperidine rings is 1. The lowest BCUT2D eigenvalue weighted by molar-refractivity contribution is -0.897. The van der Waals surface area contributed by atoms with E-state index in [2.05, 4.69) is 29.0 Å². The normalized spacial score (nSPS) is 15.0. The number of amides is 2. The van der Waals surface area contributed by atoms with Crippen molar-refractivity contribution in [3.63, 3.8) is 0 Å². The topological polar surface area (TPSA) is 212 Å². The van der Waals surface area contributed by atoms with Crippen LogP contribution in [0.2, 0.25) is 0 Å². The van der Waals surface area contributed by atoms with Gasteiger partial charge in [-0.25, -0.2) is 14.8 Å². The minimum atomic E-state index is -1.28. The summed E-state index contributed by atoms with van der Waals surface area (Å²) in [5.74, 6) is -0.576. The van der Waals surface area contributed by atoms with Crippen LogP contribution in [-0.2, 0) is 19.2 Å². The van der Waals surface area contributed by atoms with E-state index in [1.807, 2.05) is 60.4 Å². The zero-order valence-electron chi connectivity index (χ0n) is 48.7. The monoisotopic (exact) mass is 1100 g/mol. The lowest BCUT2D eigenvalue weighted by atomic mass is 9.85. The van der Waals surface area contributed by atoms with Crippen LogP contribution in [0, 0.1) is 24.2 Å². The van der Waals surface area contributed by atoms with Crippen LogP contribution >= 0.6 is 0 Å². The van der Waals surface area contributed by atoms with Crippen molar-refractivity contribution < 1.29 is 53.2 Å². The largest absolute Gasteiger partial charge is 0.544 e. The third-order valence-electron chi connectivity index (χ3n) is 16.1. The molecule has 79 heavy (non-hydrogen) atoms. The van der Waals surface area contributed by atoms with Crippen molar-refractivity contribution in [1.82, 2.24) is 15.3 Å². The van der Waals surface area contributed by atoms with Crippen LogP contribution < -0.4 is 29.7 Å². The van der Waals surface area contributed by atoms with E-state index in [1.165, 1.54) is 83.5 Å². The number of quaternary nitrogens is 1. The van der Waals surface area contributed by atoms with E-state index < -0.39 is 17.9 Å². The van der Waals surface area contributed by atoms with Gasteiger partial charge in [0.2, 0.25) is 11.8 Å². The summed E-state index contributed by atoms with van der Waals surface area (Å²) in [4.78, 5) is 74.5. The number of carbonyl (C=O) groups excluding carboxylic acids is 3. The van der Waals surface area contributed by atoms with Crippen molar-refractivity contribution in [1.29, 1.82) is 0 Å².